The summed E-state index contributed by atoms with van der Waals surface area (Å²) in [5, 5.41) is 20.0. The van der Waals surface area contributed by atoms with Crippen molar-refractivity contribution in [2.24, 2.45) is 0 Å². The summed E-state index contributed by atoms with van der Waals surface area (Å²) in [5.74, 6) is 0.946. The summed E-state index contributed by atoms with van der Waals surface area (Å²) in [6.45, 7) is 3.80. The molecule has 0 radical (unpaired) electrons. The number of carbonyl (C=O) groups is 1. The Kier molecular flexibility index (Phi) is 5.86. The number of benzene rings is 2. The average Bonchev–Trinajstić information content (AvgIpc) is 3.53. The molecule has 170 valence electrons. The van der Waals surface area contributed by atoms with Crippen molar-refractivity contribution in [1.29, 1.82) is 0 Å². The SMILES string of the molecule is Cc1ccc(-c2nn3c(C)nnc3s2)cc1NC(=S)NC(=O)c1ccc(-c2cccc(Cl)c2)o1. The molecule has 0 saturated carbocycles. The number of thiocarbonyl (C=S) groups is 1. The van der Waals surface area contributed by atoms with E-state index in [0.717, 1.165) is 38.2 Å². The summed E-state index contributed by atoms with van der Waals surface area (Å²) in [4.78, 5) is 13.4. The maximum absolute atomic E-state index is 12.6. The van der Waals surface area contributed by atoms with Gasteiger partial charge in [-0.2, -0.15) is 9.61 Å². The summed E-state index contributed by atoms with van der Waals surface area (Å²) in [7, 11) is 0. The molecule has 0 atom stereocenters. The fourth-order valence-corrected chi connectivity index (χ4v) is 4.57. The zero-order valence-electron chi connectivity index (χ0n) is 18.0. The minimum atomic E-state index is -0.455. The zero-order valence-corrected chi connectivity index (χ0v) is 20.4. The van der Waals surface area contributed by atoms with E-state index in [0.29, 0.717) is 10.8 Å². The van der Waals surface area contributed by atoms with Crippen molar-refractivity contribution in [1.82, 2.24) is 25.1 Å². The van der Waals surface area contributed by atoms with Crippen molar-refractivity contribution < 1.29 is 9.21 Å². The van der Waals surface area contributed by atoms with Crippen LogP contribution in [-0.4, -0.2) is 30.8 Å². The molecule has 0 spiro atoms. The lowest BCUT2D eigenvalue weighted by Crippen LogP contribution is -2.34. The van der Waals surface area contributed by atoms with Gasteiger partial charge < -0.3 is 9.73 Å². The fraction of sp³-hybridized carbons (Fsp3) is 0.0870. The Hall–Kier alpha value is -3.60. The summed E-state index contributed by atoms with van der Waals surface area (Å²) in [6.07, 6.45) is 0. The van der Waals surface area contributed by atoms with Crippen LogP contribution in [-0.2, 0) is 0 Å². The Morgan fingerprint density at radius 2 is 1.94 bits per heavy atom. The van der Waals surface area contributed by atoms with E-state index in [4.69, 9.17) is 28.2 Å². The van der Waals surface area contributed by atoms with Crippen LogP contribution in [0.5, 0.6) is 0 Å². The first-order valence-electron chi connectivity index (χ1n) is 10.2. The first-order chi connectivity index (χ1) is 16.4. The van der Waals surface area contributed by atoms with Gasteiger partial charge in [0.15, 0.2) is 16.7 Å². The number of aromatic nitrogens is 4. The summed E-state index contributed by atoms with van der Waals surface area (Å²) >= 11 is 12.8. The number of nitrogens with zero attached hydrogens (tertiary/aromatic N) is 4. The molecule has 0 bridgehead atoms. The van der Waals surface area contributed by atoms with E-state index in [2.05, 4.69) is 25.9 Å². The van der Waals surface area contributed by atoms with Gasteiger partial charge in [0.05, 0.1) is 0 Å². The number of anilines is 1. The number of halogens is 1. The van der Waals surface area contributed by atoms with Gasteiger partial charge in [0.1, 0.15) is 10.8 Å². The fourth-order valence-electron chi connectivity index (χ4n) is 3.30. The number of furan rings is 1. The molecule has 34 heavy (non-hydrogen) atoms. The van der Waals surface area contributed by atoms with Crippen molar-refractivity contribution in [2.75, 3.05) is 5.32 Å². The number of rotatable bonds is 4. The van der Waals surface area contributed by atoms with Gasteiger partial charge in [-0.05, 0) is 62.0 Å². The van der Waals surface area contributed by atoms with E-state index >= 15 is 0 Å². The van der Waals surface area contributed by atoms with Gasteiger partial charge in [-0.25, -0.2) is 0 Å². The molecule has 11 heteroatoms. The van der Waals surface area contributed by atoms with Crippen LogP contribution in [0.4, 0.5) is 5.69 Å². The van der Waals surface area contributed by atoms with Gasteiger partial charge in [0, 0.05) is 21.8 Å². The lowest BCUT2D eigenvalue weighted by Gasteiger charge is -2.12. The number of hydrogen-bond donors (Lipinski definition) is 2. The Morgan fingerprint density at radius 3 is 2.74 bits per heavy atom. The van der Waals surface area contributed by atoms with Gasteiger partial charge in [0.25, 0.3) is 5.91 Å². The first-order valence-corrected chi connectivity index (χ1v) is 11.8. The molecule has 0 aliphatic rings. The van der Waals surface area contributed by atoms with Crippen LogP contribution < -0.4 is 10.6 Å². The van der Waals surface area contributed by atoms with E-state index in [1.54, 1.807) is 28.8 Å². The number of nitrogens with one attached hydrogen (secondary N) is 2. The third-order valence-corrected chi connectivity index (χ3v) is 6.43. The van der Waals surface area contributed by atoms with Crippen molar-refractivity contribution in [3.05, 3.63) is 76.8 Å². The summed E-state index contributed by atoms with van der Waals surface area (Å²) < 4.78 is 7.40. The number of amides is 1. The quantitative estimate of drug-likeness (QED) is 0.309. The Labute approximate surface area is 208 Å². The van der Waals surface area contributed by atoms with Crippen LogP contribution in [0.3, 0.4) is 0 Å². The molecule has 5 aromatic rings. The van der Waals surface area contributed by atoms with E-state index in [1.165, 1.54) is 11.3 Å². The lowest BCUT2D eigenvalue weighted by molar-refractivity contribution is 0.0951. The standard InChI is InChI=1S/C23H17ClN6O2S2/c1-12-6-7-15(21-29-30-13(2)27-28-23(30)34-21)11-17(12)25-22(33)26-20(31)19-9-8-18(32-19)14-4-3-5-16(24)10-14/h3-11H,1-2H3,(H2,25,26,31,33). The molecule has 3 heterocycles. The number of aryl methyl sites for hydroxylation is 2. The highest BCUT2D eigenvalue weighted by atomic mass is 35.5. The topological polar surface area (TPSA) is 97.4 Å². The van der Waals surface area contributed by atoms with Gasteiger partial charge in [-0.3, -0.25) is 10.1 Å². The van der Waals surface area contributed by atoms with Crippen LogP contribution in [0.2, 0.25) is 5.02 Å². The van der Waals surface area contributed by atoms with E-state index in [1.807, 2.05) is 44.2 Å². The van der Waals surface area contributed by atoms with Crippen LogP contribution >= 0.6 is 35.2 Å². The van der Waals surface area contributed by atoms with Crippen molar-refractivity contribution in [3.63, 3.8) is 0 Å². The second kappa shape index (κ2) is 8.98. The maximum Gasteiger partial charge on any atom is 0.293 e. The Bertz CT molecular complexity index is 1550. The van der Waals surface area contributed by atoms with Gasteiger partial charge in [-0.1, -0.05) is 47.2 Å². The second-order valence-corrected chi connectivity index (χ2v) is 9.26. The van der Waals surface area contributed by atoms with Crippen molar-refractivity contribution >= 4 is 56.8 Å². The van der Waals surface area contributed by atoms with Crippen molar-refractivity contribution in [3.8, 4) is 21.9 Å². The molecule has 2 N–H and O–H groups in total. The largest absolute Gasteiger partial charge is 0.451 e. The monoisotopic (exact) mass is 508 g/mol. The number of hydrogen-bond acceptors (Lipinski definition) is 7. The molecule has 0 saturated heterocycles. The lowest BCUT2D eigenvalue weighted by atomic mass is 10.1. The molecule has 1 amide bonds. The van der Waals surface area contributed by atoms with Crippen LogP contribution in [0.1, 0.15) is 21.9 Å². The Morgan fingerprint density at radius 1 is 1.09 bits per heavy atom. The van der Waals surface area contributed by atoms with Crippen LogP contribution in [0.25, 0.3) is 26.9 Å². The maximum atomic E-state index is 12.6. The molecular formula is C23H17ClN6O2S2. The number of fused-ring (bicyclic) bond motifs is 1. The minimum absolute atomic E-state index is 0.139. The van der Waals surface area contributed by atoms with E-state index in [9.17, 15) is 4.79 Å². The third kappa shape index (κ3) is 4.43. The first kappa shape index (κ1) is 22.2. The normalized spacial score (nSPS) is 11.0. The molecule has 3 aromatic heterocycles. The molecule has 0 fully saturated rings. The summed E-state index contributed by atoms with van der Waals surface area (Å²) in [5.41, 5.74) is 3.39. The second-order valence-electron chi connectivity index (χ2n) is 7.46. The van der Waals surface area contributed by atoms with Gasteiger partial charge >= 0.3 is 0 Å². The molecule has 5 rings (SSSR count). The van der Waals surface area contributed by atoms with Gasteiger partial charge in [-0.15, -0.1) is 10.2 Å². The molecule has 0 aliphatic heterocycles. The molecule has 0 aliphatic carbocycles. The molecule has 8 nitrogen and oxygen atoms in total. The Balaban J connectivity index is 1.30. The molecule has 0 unspecified atom stereocenters. The number of carbonyl (C=O) groups excluding carboxylic acids is 1. The molecular weight excluding hydrogens is 492 g/mol. The zero-order chi connectivity index (χ0) is 23.8. The summed E-state index contributed by atoms with van der Waals surface area (Å²) in [6, 6.07) is 16.4. The molecule has 2 aromatic carbocycles. The predicted molar refractivity (Wildman–Crippen MR) is 136 cm³/mol. The third-order valence-electron chi connectivity index (χ3n) is 5.05. The predicted octanol–water partition coefficient (Wildman–Crippen LogP) is 5.51. The van der Waals surface area contributed by atoms with Crippen molar-refractivity contribution in [2.45, 2.75) is 13.8 Å². The van der Waals surface area contributed by atoms with Gasteiger partial charge in [0.2, 0.25) is 4.96 Å². The van der Waals surface area contributed by atoms with Crippen LogP contribution in [0.15, 0.2) is 59.0 Å². The highest BCUT2D eigenvalue weighted by Crippen LogP contribution is 2.29. The highest BCUT2D eigenvalue weighted by molar-refractivity contribution is 7.80. The highest BCUT2D eigenvalue weighted by Gasteiger charge is 2.16. The minimum Gasteiger partial charge on any atom is -0.451 e. The average molecular weight is 509 g/mol. The smallest absolute Gasteiger partial charge is 0.293 e. The van der Waals surface area contributed by atoms with Crippen LogP contribution in [0, 0.1) is 13.8 Å². The van der Waals surface area contributed by atoms with E-state index < -0.39 is 5.91 Å². The van der Waals surface area contributed by atoms with E-state index in [-0.39, 0.29) is 10.9 Å².